The summed E-state index contributed by atoms with van der Waals surface area (Å²) in [6.07, 6.45) is 9.71. The average Bonchev–Trinajstić information content (AvgIpc) is 2.54. The molecule has 1 aliphatic heterocycles. The van der Waals surface area contributed by atoms with Crippen molar-refractivity contribution in [3.63, 3.8) is 0 Å². The van der Waals surface area contributed by atoms with E-state index in [1.54, 1.807) is 0 Å². The molecule has 69 valence electrons. The number of hydrogen-bond acceptors (Lipinski definition) is 0. The zero-order chi connectivity index (χ0) is 9.03. The van der Waals surface area contributed by atoms with Crippen LogP contribution >= 0.6 is 7.26 Å². The summed E-state index contributed by atoms with van der Waals surface area (Å²) in [6.45, 7) is 4.53. The maximum Gasteiger partial charge on any atom is 0.0708 e. The summed E-state index contributed by atoms with van der Waals surface area (Å²) in [5, 5.41) is 0. The van der Waals surface area contributed by atoms with E-state index < -0.39 is 7.26 Å². The van der Waals surface area contributed by atoms with E-state index in [4.69, 9.17) is 1.37 Å². The fourth-order valence-corrected chi connectivity index (χ4v) is 5.99. The van der Waals surface area contributed by atoms with E-state index in [1.807, 2.05) is 0 Å². The van der Waals surface area contributed by atoms with Gasteiger partial charge in [0.1, 0.15) is 0 Å². The summed E-state index contributed by atoms with van der Waals surface area (Å²) in [4.78, 5) is 0. The maximum absolute atomic E-state index is 8.17. The molecule has 0 aliphatic carbocycles. The minimum absolute atomic E-state index is 0. The van der Waals surface area contributed by atoms with Gasteiger partial charge in [0.2, 0.25) is 0 Å². The van der Waals surface area contributed by atoms with Gasteiger partial charge < -0.3 is 0 Å². The van der Waals surface area contributed by atoms with Crippen molar-refractivity contribution in [1.29, 1.82) is 0 Å². The van der Waals surface area contributed by atoms with Crippen LogP contribution in [0.5, 0.6) is 0 Å². The first-order valence-electron chi connectivity index (χ1n) is 5.61. The third-order valence-corrected chi connectivity index (χ3v) is 7.60. The molecule has 1 rings (SSSR count). The third kappa shape index (κ3) is 3.73. The molecule has 0 aromatic carbocycles. The Hall–Kier alpha value is 1.53. The van der Waals surface area contributed by atoms with E-state index in [9.17, 15) is 0 Å². The van der Waals surface area contributed by atoms with E-state index in [2.05, 4.69) is 13.8 Å². The van der Waals surface area contributed by atoms with Crippen LogP contribution in [0.25, 0.3) is 0 Å². The fraction of sp³-hybridized carbons (Fsp3) is 1.00. The van der Waals surface area contributed by atoms with Gasteiger partial charge in [-0.05, 0) is 26.2 Å². The van der Waals surface area contributed by atoms with Crippen LogP contribution < -0.4 is 0 Å². The van der Waals surface area contributed by atoms with Gasteiger partial charge >= 0.3 is 0 Å². The first-order chi connectivity index (χ1) is 5.75. The SMILES string of the molecule is [2H]C(CCC)[P+]1(CC)CCCC1.[Y]. The summed E-state index contributed by atoms with van der Waals surface area (Å²) < 4.78 is 8.17. The zero-order valence-electron chi connectivity index (χ0n) is 9.55. The topological polar surface area (TPSA) is 0 Å². The van der Waals surface area contributed by atoms with Gasteiger partial charge in [-0.3, -0.25) is 0 Å². The van der Waals surface area contributed by atoms with Crippen molar-refractivity contribution in [2.24, 2.45) is 0 Å². The Morgan fingerprint density at radius 2 is 1.83 bits per heavy atom. The van der Waals surface area contributed by atoms with E-state index in [0.717, 1.165) is 6.42 Å². The molecule has 1 heterocycles. The van der Waals surface area contributed by atoms with Gasteiger partial charge in [0.05, 0.1) is 26.0 Å². The van der Waals surface area contributed by atoms with Gasteiger partial charge in [-0.2, -0.15) is 0 Å². The smallest absolute Gasteiger partial charge is 0.0652 e. The van der Waals surface area contributed by atoms with Crippen molar-refractivity contribution >= 4 is 7.26 Å². The molecule has 0 N–H and O–H groups in total. The molecule has 1 atom stereocenters. The monoisotopic (exact) mass is 263 g/mol. The Morgan fingerprint density at radius 3 is 2.25 bits per heavy atom. The molecule has 2 heteroatoms. The second kappa shape index (κ2) is 6.91. The van der Waals surface area contributed by atoms with Crippen molar-refractivity contribution in [1.82, 2.24) is 0 Å². The normalized spacial score (nSPS) is 24.3. The molecule has 12 heavy (non-hydrogen) atoms. The molecule has 1 radical (unpaired) electrons. The summed E-state index contributed by atoms with van der Waals surface area (Å²) in [5.41, 5.74) is 0. The van der Waals surface area contributed by atoms with E-state index in [1.165, 1.54) is 37.7 Å². The van der Waals surface area contributed by atoms with E-state index >= 15 is 0 Å². The molecule has 0 saturated carbocycles. The van der Waals surface area contributed by atoms with E-state index in [0.29, 0.717) is 6.14 Å². The predicted octanol–water partition coefficient (Wildman–Crippen LogP) is 3.62. The van der Waals surface area contributed by atoms with Crippen molar-refractivity contribution in [3.05, 3.63) is 0 Å². The molecule has 1 aliphatic rings. The molecular formula is C10H22PY+. The summed E-state index contributed by atoms with van der Waals surface area (Å²) >= 11 is 0. The van der Waals surface area contributed by atoms with Gasteiger partial charge in [-0.1, -0.05) is 13.3 Å². The Bertz CT molecular complexity index is 135. The van der Waals surface area contributed by atoms with Gasteiger partial charge in [0.15, 0.2) is 0 Å². The quantitative estimate of drug-likeness (QED) is 0.680. The number of hydrogen-bond donors (Lipinski definition) is 0. The summed E-state index contributed by atoms with van der Waals surface area (Å²) in [6, 6.07) is 0. The molecule has 0 bridgehead atoms. The van der Waals surface area contributed by atoms with Crippen LogP contribution in [0.15, 0.2) is 0 Å². The van der Waals surface area contributed by atoms with Crippen LogP contribution in [0, 0.1) is 0 Å². The van der Waals surface area contributed by atoms with Crippen molar-refractivity contribution in [3.8, 4) is 0 Å². The molecule has 0 aromatic rings. The summed E-state index contributed by atoms with van der Waals surface area (Å²) in [5.74, 6) is 0. The van der Waals surface area contributed by atoms with Crippen molar-refractivity contribution in [2.45, 2.75) is 39.5 Å². The molecule has 0 spiro atoms. The van der Waals surface area contributed by atoms with Crippen LogP contribution in [0.1, 0.15) is 40.9 Å². The summed E-state index contributed by atoms with van der Waals surface area (Å²) in [7, 11) is -0.769. The first kappa shape index (κ1) is 11.6. The number of rotatable bonds is 4. The molecular weight excluding hydrogens is 240 g/mol. The second-order valence-electron chi connectivity index (χ2n) is 3.66. The van der Waals surface area contributed by atoms with Crippen molar-refractivity contribution < 1.29 is 34.1 Å². The molecule has 1 unspecified atom stereocenters. The molecule has 1 saturated heterocycles. The predicted molar refractivity (Wildman–Crippen MR) is 56.2 cm³/mol. The average molecular weight is 263 g/mol. The zero-order valence-corrected chi connectivity index (χ0v) is 12.3. The molecule has 1 fully saturated rings. The third-order valence-electron chi connectivity index (χ3n) is 2.89. The Balaban J connectivity index is 0.00000144. The molecule has 0 nitrogen and oxygen atoms in total. The van der Waals surface area contributed by atoms with Crippen LogP contribution in [-0.4, -0.2) is 24.6 Å². The van der Waals surface area contributed by atoms with Crippen LogP contribution in [0.2, 0.25) is 0 Å². The van der Waals surface area contributed by atoms with Gasteiger partial charge in [0, 0.05) is 40.0 Å². The van der Waals surface area contributed by atoms with Gasteiger partial charge in [-0.15, -0.1) is 0 Å². The van der Waals surface area contributed by atoms with Crippen LogP contribution in [0.3, 0.4) is 0 Å². The molecule has 0 amide bonds. The van der Waals surface area contributed by atoms with Gasteiger partial charge in [-0.25, -0.2) is 0 Å². The minimum Gasteiger partial charge on any atom is -0.0652 e. The second-order valence-corrected chi connectivity index (χ2v) is 7.99. The first-order valence-corrected chi connectivity index (χ1v) is 7.44. The Morgan fingerprint density at radius 1 is 1.25 bits per heavy atom. The molecule has 0 aromatic heterocycles. The minimum atomic E-state index is -0.769. The van der Waals surface area contributed by atoms with Gasteiger partial charge in [0.25, 0.3) is 0 Å². The standard InChI is InChI=1S/C10H22P.Y/c1-3-5-8-11(4-2)9-6-7-10-11;/h3-10H2,1-2H3;/q+1;/i8D;. The van der Waals surface area contributed by atoms with Crippen molar-refractivity contribution in [2.75, 3.05) is 24.6 Å². The Kier molecular flexibility index (Phi) is 6.68. The largest absolute Gasteiger partial charge is 0.0708 e. The fourth-order valence-electron chi connectivity index (χ4n) is 2.00. The Labute approximate surface area is 105 Å². The van der Waals surface area contributed by atoms with Crippen LogP contribution in [0.4, 0.5) is 0 Å². The van der Waals surface area contributed by atoms with Crippen LogP contribution in [-0.2, 0) is 32.7 Å². The van der Waals surface area contributed by atoms with E-state index in [-0.39, 0.29) is 32.7 Å². The maximum atomic E-state index is 8.17.